The number of carbonyl (C=O) groups excluding carboxylic acids is 1. The zero-order valence-corrected chi connectivity index (χ0v) is 12.8. The van der Waals surface area contributed by atoms with Gasteiger partial charge in [-0.05, 0) is 36.2 Å². The monoisotopic (exact) mass is 325 g/mol. The van der Waals surface area contributed by atoms with Gasteiger partial charge in [0, 0.05) is 17.3 Å². The first-order chi connectivity index (χ1) is 10.5. The first kappa shape index (κ1) is 16.5. The molecule has 0 saturated carbocycles. The van der Waals surface area contributed by atoms with Crippen LogP contribution in [0.2, 0.25) is 5.02 Å². The second kappa shape index (κ2) is 7.38. The zero-order chi connectivity index (χ0) is 16.1. The van der Waals surface area contributed by atoms with Crippen molar-refractivity contribution in [2.24, 2.45) is 0 Å². The number of benzene rings is 1. The van der Waals surface area contributed by atoms with Crippen molar-refractivity contribution in [2.75, 3.05) is 6.54 Å². The molecule has 0 spiro atoms. The molecule has 0 radical (unpaired) electrons. The molecule has 2 rings (SSSR count). The molecule has 0 fully saturated rings. The molecule has 22 heavy (non-hydrogen) atoms. The second-order valence-electron chi connectivity index (χ2n) is 4.96. The van der Waals surface area contributed by atoms with Crippen LogP contribution in [0.4, 0.5) is 4.39 Å². The fourth-order valence-corrected chi connectivity index (χ4v) is 2.27. The van der Waals surface area contributed by atoms with E-state index in [9.17, 15) is 14.3 Å². The van der Waals surface area contributed by atoms with Crippen LogP contribution >= 0.6 is 11.6 Å². The highest BCUT2D eigenvalue weighted by Gasteiger charge is 2.14. The molecule has 7 heteroatoms. The van der Waals surface area contributed by atoms with Crippen LogP contribution in [0, 0.1) is 5.82 Å². The minimum Gasteiger partial charge on any atom is -0.387 e. The number of aliphatic hydroxyl groups is 1. The average Bonchev–Trinajstić information content (AvgIpc) is 2.92. The number of aromatic amines is 1. The molecule has 1 amide bonds. The number of amides is 1. The van der Waals surface area contributed by atoms with Crippen molar-refractivity contribution in [3.63, 3.8) is 0 Å². The van der Waals surface area contributed by atoms with E-state index in [2.05, 4.69) is 15.5 Å². The predicted octanol–water partition coefficient (Wildman–Crippen LogP) is 2.62. The molecule has 1 aromatic heterocycles. The number of nitrogens with one attached hydrogen (secondary N) is 2. The van der Waals surface area contributed by atoms with Crippen LogP contribution in [0.15, 0.2) is 24.3 Å². The van der Waals surface area contributed by atoms with Crippen LogP contribution in [0.1, 0.15) is 41.2 Å². The van der Waals surface area contributed by atoms with Crippen molar-refractivity contribution in [3.8, 4) is 0 Å². The highest BCUT2D eigenvalue weighted by molar-refractivity contribution is 6.30. The molecule has 0 aliphatic carbocycles. The van der Waals surface area contributed by atoms with Crippen LogP contribution in [0.25, 0.3) is 0 Å². The molecule has 1 unspecified atom stereocenters. The Morgan fingerprint density at radius 1 is 1.45 bits per heavy atom. The summed E-state index contributed by atoms with van der Waals surface area (Å²) in [4.78, 5) is 11.9. The molecule has 0 aliphatic heterocycles. The summed E-state index contributed by atoms with van der Waals surface area (Å²) in [6.07, 6.45) is 0.707. The van der Waals surface area contributed by atoms with Gasteiger partial charge in [0.25, 0.3) is 5.91 Å². The first-order valence-electron chi connectivity index (χ1n) is 6.96. The number of carbonyl (C=O) groups is 1. The Hall–Kier alpha value is -1.92. The van der Waals surface area contributed by atoms with Crippen molar-refractivity contribution in [2.45, 2.75) is 25.9 Å². The third-order valence-electron chi connectivity index (χ3n) is 3.11. The van der Waals surface area contributed by atoms with Gasteiger partial charge in [0.05, 0.1) is 6.10 Å². The van der Waals surface area contributed by atoms with Crippen molar-refractivity contribution in [3.05, 3.63) is 52.1 Å². The minimum absolute atomic E-state index is 0.0609. The normalized spacial score (nSPS) is 12.2. The quantitative estimate of drug-likeness (QED) is 0.764. The summed E-state index contributed by atoms with van der Waals surface area (Å²) in [6, 6.07) is 5.45. The van der Waals surface area contributed by atoms with E-state index in [1.807, 2.05) is 6.92 Å². The summed E-state index contributed by atoms with van der Waals surface area (Å²) >= 11 is 5.73. The predicted molar refractivity (Wildman–Crippen MR) is 81.3 cm³/mol. The molecule has 0 bridgehead atoms. The van der Waals surface area contributed by atoms with Crippen LogP contribution < -0.4 is 5.32 Å². The number of hydrogen-bond donors (Lipinski definition) is 3. The van der Waals surface area contributed by atoms with Crippen molar-refractivity contribution < 1.29 is 14.3 Å². The van der Waals surface area contributed by atoms with Crippen LogP contribution in [0.3, 0.4) is 0 Å². The smallest absolute Gasteiger partial charge is 0.271 e. The van der Waals surface area contributed by atoms with Crippen LogP contribution in [-0.2, 0) is 6.42 Å². The Labute approximate surface area is 132 Å². The number of H-pyrrole nitrogens is 1. The third kappa shape index (κ3) is 4.29. The fourth-order valence-electron chi connectivity index (χ4n) is 2.04. The van der Waals surface area contributed by atoms with E-state index in [4.69, 9.17) is 11.6 Å². The lowest BCUT2D eigenvalue weighted by molar-refractivity contribution is 0.0911. The molecule has 5 nitrogen and oxygen atoms in total. The maximum atomic E-state index is 13.2. The van der Waals surface area contributed by atoms with E-state index in [1.165, 1.54) is 12.1 Å². The van der Waals surface area contributed by atoms with Gasteiger partial charge in [-0.3, -0.25) is 9.89 Å². The van der Waals surface area contributed by atoms with Gasteiger partial charge >= 0.3 is 0 Å². The summed E-state index contributed by atoms with van der Waals surface area (Å²) < 4.78 is 13.2. The Morgan fingerprint density at radius 2 is 2.23 bits per heavy atom. The summed E-state index contributed by atoms with van der Waals surface area (Å²) in [5, 5.41) is 19.4. The van der Waals surface area contributed by atoms with Gasteiger partial charge in [0.1, 0.15) is 11.5 Å². The molecule has 1 aromatic carbocycles. The molecular formula is C15H17ClFN3O2. The number of nitrogens with zero attached hydrogens (tertiary/aromatic N) is 1. The SMILES string of the molecule is CCCc1cc(C(=O)NCC(O)c2cc(F)cc(Cl)c2)n[nH]1. The fraction of sp³-hybridized carbons (Fsp3) is 0.333. The minimum atomic E-state index is -1.05. The lowest BCUT2D eigenvalue weighted by Gasteiger charge is -2.12. The number of aliphatic hydroxyl groups excluding tert-OH is 1. The second-order valence-corrected chi connectivity index (χ2v) is 5.39. The summed E-state index contributed by atoms with van der Waals surface area (Å²) in [6.45, 7) is 1.97. The molecule has 118 valence electrons. The van der Waals surface area contributed by atoms with Crippen molar-refractivity contribution >= 4 is 17.5 Å². The maximum absolute atomic E-state index is 13.2. The van der Waals surface area contributed by atoms with Gasteiger partial charge in [-0.25, -0.2) is 4.39 Å². The standard InChI is InChI=1S/C15H17ClFN3O2/c1-2-3-12-7-13(20-19-12)15(22)18-8-14(21)9-4-10(16)6-11(17)5-9/h4-7,14,21H,2-3,8H2,1H3,(H,18,22)(H,19,20). The molecule has 2 aromatic rings. The Balaban J connectivity index is 1.94. The average molecular weight is 326 g/mol. The summed E-state index contributed by atoms with van der Waals surface area (Å²) in [7, 11) is 0. The number of aromatic nitrogens is 2. The van der Waals surface area contributed by atoms with E-state index in [0.717, 1.165) is 24.6 Å². The van der Waals surface area contributed by atoms with E-state index in [1.54, 1.807) is 6.07 Å². The Bertz CT molecular complexity index is 640. The summed E-state index contributed by atoms with van der Waals surface area (Å²) in [5.74, 6) is -0.940. The van der Waals surface area contributed by atoms with Gasteiger partial charge in [0.2, 0.25) is 0 Å². The number of rotatable bonds is 6. The number of hydrogen-bond acceptors (Lipinski definition) is 3. The van der Waals surface area contributed by atoms with E-state index < -0.39 is 17.8 Å². The van der Waals surface area contributed by atoms with Gasteiger partial charge < -0.3 is 10.4 Å². The van der Waals surface area contributed by atoms with Crippen molar-refractivity contribution in [1.82, 2.24) is 15.5 Å². The Morgan fingerprint density at radius 3 is 2.91 bits per heavy atom. The largest absolute Gasteiger partial charge is 0.387 e. The molecular weight excluding hydrogens is 309 g/mol. The van der Waals surface area contributed by atoms with E-state index in [-0.39, 0.29) is 17.3 Å². The van der Waals surface area contributed by atoms with Crippen LogP contribution in [-0.4, -0.2) is 27.8 Å². The molecule has 0 saturated heterocycles. The third-order valence-corrected chi connectivity index (χ3v) is 3.33. The Kier molecular flexibility index (Phi) is 5.51. The van der Waals surface area contributed by atoms with Gasteiger partial charge in [-0.2, -0.15) is 5.10 Å². The lowest BCUT2D eigenvalue weighted by Crippen LogP contribution is -2.28. The first-order valence-corrected chi connectivity index (χ1v) is 7.34. The maximum Gasteiger partial charge on any atom is 0.271 e. The van der Waals surface area contributed by atoms with Crippen LogP contribution in [0.5, 0.6) is 0 Å². The topological polar surface area (TPSA) is 78.0 Å². The van der Waals surface area contributed by atoms with E-state index in [0.29, 0.717) is 5.56 Å². The highest BCUT2D eigenvalue weighted by atomic mass is 35.5. The highest BCUT2D eigenvalue weighted by Crippen LogP contribution is 2.19. The van der Waals surface area contributed by atoms with Crippen molar-refractivity contribution in [1.29, 1.82) is 0 Å². The van der Waals surface area contributed by atoms with E-state index >= 15 is 0 Å². The number of halogens is 2. The number of aryl methyl sites for hydroxylation is 1. The zero-order valence-electron chi connectivity index (χ0n) is 12.1. The molecule has 0 aliphatic rings. The lowest BCUT2D eigenvalue weighted by atomic mass is 10.1. The molecule has 3 N–H and O–H groups in total. The molecule has 1 atom stereocenters. The van der Waals surface area contributed by atoms with Gasteiger partial charge in [-0.15, -0.1) is 0 Å². The summed E-state index contributed by atoms with van der Waals surface area (Å²) in [5.41, 5.74) is 1.44. The van der Waals surface area contributed by atoms with Gasteiger partial charge in [-0.1, -0.05) is 24.9 Å². The molecule has 1 heterocycles. The van der Waals surface area contributed by atoms with Gasteiger partial charge in [0.15, 0.2) is 0 Å².